The molecule has 6 nitrogen and oxygen atoms in total. The quantitative estimate of drug-likeness (QED) is 0.904. The maximum Gasteiger partial charge on any atom is 0.219 e. The first-order chi connectivity index (χ1) is 11.5. The number of nitrogens with zero attached hydrogens (tertiary/aromatic N) is 4. The predicted octanol–water partition coefficient (Wildman–Crippen LogP) is 3.20. The third-order valence-corrected chi connectivity index (χ3v) is 4.46. The third kappa shape index (κ3) is 3.88. The van der Waals surface area contributed by atoms with Gasteiger partial charge in [-0.3, -0.25) is 4.79 Å². The molecule has 1 aliphatic heterocycles. The van der Waals surface area contributed by atoms with Crippen molar-refractivity contribution in [2.75, 3.05) is 36.4 Å². The molecule has 3 rings (SSSR count). The lowest BCUT2D eigenvalue weighted by Crippen LogP contribution is -2.48. The molecule has 0 radical (unpaired) electrons. The van der Waals surface area contributed by atoms with Gasteiger partial charge in [0.25, 0.3) is 0 Å². The molecule has 0 atom stereocenters. The molecule has 0 spiro atoms. The summed E-state index contributed by atoms with van der Waals surface area (Å²) in [6.07, 6.45) is 1.51. The molecule has 1 aromatic carbocycles. The van der Waals surface area contributed by atoms with Crippen LogP contribution in [-0.2, 0) is 4.79 Å². The Kier molecular flexibility index (Phi) is 5.06. The molecule has 2 heterocycles. The number of halogens is 2. The number of hydrogen-bond acceptors (Lipinski definition) is 5. The van der Waals surface area contributed by atoms with Crippen LogP contribution >= 0.6 is 23.2 Å². The number of rotatable bonds is 3. The van der Waals surface area contributed by atoms with Crippen molar-refractivity contribution < 1.29 is 4.79 Å². The number of amides is 1. The lowest BCUT2D eigenvalue weighted by Gasteiger charge is -2.34. The molecule has 8 heteroatoms. The van der Waals surface area contributed by atoms with E-state index in [1.54, 1.807) is 25.1 Å². The summed E-state index contributed by atoms with van der Waals surface area (Å²) in [5.41, 5.74) is 0.690. The minimum Gasteiger partial charge on any atom is -0.353 e. The van der Waals surface area contributed by atoms with Gasteiger partial charge in [0, 0.05) is 44.2 Å². The summed E-state index contributed by atoms with van der Waals surface area (Å²) in [6, 6.07) is 7.07. The third-order valence-electron chi connectivity index (χ3n) is 3.89. The van der Waals surface area contributed by atoms with E-state index in [1.807, 2.05) is 11.0 Å². The number of anilines is 3. The Morgan fingerprint density at radius 1 is 1.12 bits per heavy atom. The summed E-state index contributed by atoms with van der Waals surface area (Å²) < 4.78 is 0. The van der Waals surface area contributed by atoms with Crippen molar-refractivity contribution in [3.8, 4) is 0 Å². The summed E-state index contributed by atoms with van der Waals surface area (Å²) >= 11 is 12.2. The highest BCUT2D eigenvalue weighted by Crippen LogP contribution is 2.28. The molecule has 2 aromatic rings. The molecular weight excluding hydrogens is 349 g/mol. The van der Waals surface area contributed by atoms with Crippen LogP contribution in [0.15, 0.2) is 30.6 Å². The Bertz CT molecular complexity index is 747. The van der Waals surface area contributed by atoms with Crippen LogP contribution in [0.25, 0.3) is 0 Å². The zero-order chi connectivity index (χ0) is 17.1. The molecule has 1 aliphatic rings. The molecule has 1 amide bonds. The summed E-state index contributed by atoms with van der Waals surface area (Å²) in [7, 11) is 0. The Morgan fingerprint density at radius 2 is 1.88 bits per heavy atom. The zero-order valence-corrected chi connectivity index (χ0v) is 14.7. The first-order valence-corrected chi connectivity index (χ1v) is 8.33. The van der Waals surface area contributed by atoms with E-state index in [2.05, 4.69) is 20.2 Å². The van der Waals surface area contributed by atoms with Crippen molar-refractivity contribution in [1.82, 2.24) is 14.9 Å². The van der Waals surface area contributed by atoms with Gasteiger partial charge >= 0.3 is 0 Å². The van der Waals surface area contributed by atoms with Crippen molar-refractivity contribution in [3.05, 3.63) is 40.6 Å². The first-order valence-electron chi connectivity index (χ1n) is 7.57. The second-order valence-corrected chi connectivity index (χ2v) is 6.35. The summed E-state index contributed by atoms with van der Waals surface area (Å²) in [5.74, 6) is 1.56. The van der Waals surface area contributed by atoms with Gasteiger partial charge < -0.3 is 15.1 Å². The summed E-state index contributed by atoms with van der Waals surface area (Å²) in [4.78, 5) is 23.9. The van der Waals surface area contributed by atoms with Crippen LogP contribution in [0.1, 0.15) is 6.92 Å². The topological polar surface area (TPSA) is 61.4 Å². The standard InChI is InChI=1S/C16H17Cl2N5O/c1-11(24)22-4-6-23(7-5-22)16-9-15(19-10-20-16)21-14-8-12(17)2-3-13(14)18/h2-3,8-10H,4-7H2,1H3,(H,19,20,21). The lowest BCUT2D eigenvalue weighted by atomic mass is 10.3. The number of hydrogen-bond donors (Lipinski definition) is 1. The van der Waals surface area contributed by atoms with Crippen LogP contribution in [0.3, 0.4) is 0 Å². The van der Waals surface area contributed by atoms with E-state index in [0.29, 0.717) is 34.6 Å². The Morgan fingerprint density at radius 3 is 2.58 bits per heavy atom. The van der Waals surface area contributed by atoms with Gasteiger partial charge in [0.05, 0.1) is 10.7 Å². The molecule has 1 aromatic heterocycles. The Balaban J connectivity index is 1.73. The normalized spacial score (nSPS) is 14.6. The Hall–Kier alpha value is -2.05. The van der Waals surface area contributed by atoms with Crippen molar-refractivity contribution >= 4 is 46.4 Å². The van der Waals surface area contributed by atoms with Crippen LogP contribution in [-0.4, -0.2) is 47.0 Å². The number of carbonyl (C=O) groups is 1. The first kappa shape index (κ1) is 16.8. The van der Waals surface area contributed by atoms with Gasteiger partial charge in [0.15, 0.2) is 0 Å². The van der Waals surface area contributed by atoms with E-state index >= 15 is 0 Å². The van der Waals surface area contributed by atoms with Gasteiger partial charge in [-0.25, -0.2) is 9.97 Å². The molecule has 24 heavy (non-hydrogen) atoms. The van der Waals surface area contributed by atoms with Gasteiger partial charge in [0.2, 0.25) is 5.91 Å². The van der Waals surface area contributed by atoms with Gasteiger partial charge in [-0.05, 0) is 18.2 Å². The molecule has 0 unspecified atom stereocenters. The van der Waals surface area contributed by atoms with Gasteiger partial charge in [-0.15, -0.1) is 0 Å². The average molecular weight is 366 g/mol. The fraction of sp³-hybridized carbons (Fsp3) is 0.312. The monoisotopic (exact) mass is 365 g/mol. The zero-order valence-electron chi connectivity index (χ0n) is 13.2. The molecule has 0 bridgehead atoms. The molecule has 0 saturated carbocycles. The lowest BCUT2D eigenvalue weighted by molar-refractivity contribution is -0.129. The molecule has 1 fully saturated rings. The number of benzene rings is 1. The predicted molar refractivity (Wildman–Crippen MR) is 96.2 cm³/mol. The fourth-order valence-corrected chi connectivity index (χ4v) is 2.91. The number of carbonyl (C=O) groups excluding carboxylic acids is 1. The smallest absolute Gasteiger partial charge is 0.219 e. The second kappa shape index (κ2) is 7.23. The number of aromatic nitrogens is 2. The van der Waals surface area contributed by atoms with Crippen molar-refractivity contribution in [1.29, 1.82) is 0 Å². The highest BCUT2D eigenvalue weighted by atomic mass is 35.5. The maximum absolute atomic E-state index is 11.4. The van der Waals surface area contributed by atoms with E-state index in [9.17, 15) is 4.79 Å². The average Bonchev–Trinajstić information content (AvgIpc) is 2.58. The Labute approximate surface area is 150 Å². The van der Waals surface area contributed by atoms with E-state index in [1.165, 1.54) is 6.33 Å². The highest BCUT2D eigenvalue weighted by molar-refractivity contribution is 6.35. The highest BCUT2D eigenvalue weighted by Gasteiger charge is 2.19. The minimum absolute atomic E-state index is 0.107. The van der Waals surface area contributed by atoms with Gasteiger partial charge in [-0.2, -0.15) is 0 Å². The second-order valence-electron chi connectivity index (χ2n) is 5.50. The number of piperazine rings is 1. The van der Waals surface area contributed by atoms with Crippen LogP contribution in [0, 0.1) is 0 Å². The van der Waals surface area contributed by atoms with E-state index in [4.69, 9.17) is 23.2 Å². The van der Waals surface area contributed by atoms with Crippen molar-refractivity contribution in [3.63, 3.8) is 0 Å². The van der Waals surface area contributed by atoms with Crippen LogP contribution < -0.4 is 10.2 Å². The largest absolute Gasteiger partial charge is 0.353 e. The van der Waals surface area contributed by atoms with E-state index < -0.39 is 0 Å². The minimum atomic E-state index is 0.107. The SMILES string of the molecule is CC(=O)N1CCN(c2cc(Nc3cc(Cl)ccc3Cl)ncn2)CC1. The van der Waals surface area contributed by atoms with Crippen LogP contribution in [0.2, 0.25) is 10.0 Å². The van der Waals surface area contributed by atoms with Crippen molar-refractivity contribution in [2.45, 2.75) is 6.92 Å². The van der Waals surface area contributed by atoms with Crippen molar-refractivity contribution in [2.24, 2.45) is 0 Å². The molecule has 0 aliphatic carbocycles. The van der Waals surface area contributed by atoms with E-state index in [0.717, 1.165) is 18.9 Å². The molecule has 126 valence electrons. The maximum atomic E-state index is 11.4. The summed E-state index contributed by atoms with van der Waals surface area (Å²) in [5, 5.41) is 4.32. The van der Waals surface area contributed by atoms with Crippen LogP contribution in [0.5, 0.6) is 0 Å². The van der Waals surface area contributed by atoms with E-state index in [-0.39, 0.29) is 5.91 Å². The fourth-order valence-electron chi connectivity index (χ4n) is 2.57. The number of nitrogens with one attached hydrogen (secondary N) is 1. The molecular formula is C16H17Cl2N5O. The van der Waals surface area contributed by atoms with Gasteiger partial charge in [-0.1, -0.05) is 23.2 Å². The van der Waals surface area contributed by atoms with Crippen LogP contribution in [0.4, 0.5) is 17.3 Å². The molecule has 1 saturated heterocycles. The van der Waals surface area contributed by atoms with Gasteiger partial charge in [0.1, 0.15) is 18.0 Å². The molecule has 1 N–H and O–H groups in total. The summed E-state index contributed by atoms with van der Waals surface area (Å²) in [6.45, 7) is 4.48.